The second-order valence-electron chi connectivity index (χ2n) is 13.9. The second kappa shape index (κ2) is 12.1. The molecule has 2 aliphatic carbocycles. The van der Waals surface area contributed by atoms with Crippen LogP contribution in [0.1, 0.15) is 34.8 Å². The highest BCUT2D eigenvalue weighted by molar-refractivity contribution is 7.09. The van der Waals surface area contributed by atoms with Gasteiger partial charge in [-0.3, -0.25) is 29.5 Å². The smallest absolute Gasteiger partial charge is 0.260 e. The Bertz CT molecular complexity index is 2330. The van der Waals surface area contributed by atoms with Gasteiger partial charge in [0.2, 0.25) is 11.8 Å². The first kappa shape index (κ1) is 32.6. The molecule has 3 heterocycles. The average molecular weight is 732 g/mol. The first-order valence-corrected chi connectivity index (χ1v) is 18.4. The van der Waals surface area contributed by atoms with Crippen molar-refractivity contribution >= 4 is 63.0 Å². The number of imide groups is 2. The summed E-state index contributed by atoms with van der Waals surface area (Å²) in [6.07, 6.45) is 2.35. The van der Waals surface area contributed by atoms with Gasteiger partial charge < -0.3 is 5.11 Å². The molecule has 6 atom stereocenters. The van der Waals surface area contributed by atoms with Crippen LogP contribution in [0.25, 0.3) is 10.8 Å². The highest BCUT2D eigenvalue weighted by atomic mass is 35.5. The molecule has 8 nitrogen and oxygen atoms in total. The van der Waals surface area contributed by atoms with Crippen LogP contribution < -0.4 is 5.43 Å². The van der Waals surface area contributed by atoms with E-state index in [1.54, 1.807) is 36.4 Å². The van der Waals surface area contributed by atoms with Crippen molar-refractivity contribution in [1.29, 1.82) is 0 Å². The maximum Gasteiger partial charge on any atom is 0.260 e. The molecule has 4 aromatic carbocycles. The molecule has 2 N–H and O–H groups in total. The number of carbonyl (C=O) groups is 4. The van der Waals surface area contributed by atoms with Crippen molar-refractivity contribution in [3.05, 3.63) is 141 Å². The topological polar surface area (TPSA) is 107 Å². The Hall–Kier alpha value is -5.32. The van der Waals surface area contributed by atoms with Gasteiger partial charge in [0.1, 0.15) is 11.6 Å². The highest BCUT2D eigenvalue weighted by Crippen LogP contribution is 2.65. The van der Waals surface area contributed by atoms with Crippen LogP contribution in [0.15, 0.2) is 114 Å². The average Bonchev–Trinajstić information content (AvgIpc) is 3.82. The van der Waals surface area contributed by atoms with Crippen LogP contribution in [0.5, 0.6) is 5.75 Å². The Kier molecular flexibility index (Phi) is 7.60. The summed E-state index contributed by atoms with van der Waals surface area (Å²) < 4.78 is 13.9. The van der Waals surface area contributed by atoms with Crippen LogP contribution in [0.3, 0.4) is 0 Å². The van der Waals surface area contributed by atoms with Crippen molar-refractivity contribution in [2.45, 2.75) is 30.7 Å². The summed E-state index contributed by atoms with van der Waals surface area (Å²) >= 11 is 7.86. The van der Waals surface area contributed by atoms with Crippen molar-refractivity contribution < 1.29 is 28.7 Å². The zero-order valence-electron chi connectivity index (χ0n) is 27.5. The third-order valence-corrected chi connectivity index (χ3v) is 12.6. The van der Waals surface area contributed by atoms with Crippen molar-refractivity contribution in [3.63, 3.8) is 0 Å². The number of nitrogens with zero attached hydrogens (tertiary/aromatic N) is 2. The monoisotopic (exact) mass is 731 g/mol. The molecule has 9 rings (SSSR count). The number of thiophene rings is 1. The summed E-state index contributed by atoms with van der Waals surface area (Å²) in [7, 11) is 0. The molecule has 4 amide bonds. The zero-order valence-corrected chi connectivity index (χ0v) is 29.1. The van der Waals surface area contributed by atoms with E-state index in [1.165, 1.54) is 40.5 Å². The Morgan fingerprint density at radius 1 is 0.865 bits per heavy atom. The summed E-state index contributed by atoms with van der Waals surface area (Å²) in [4.78, 5) is 60.7. The van der Waals surface area contributed by atoms with E-state index in [2.05, 4.69) is 5.43 Å². The minimum atomic E-state index is -1.59. The molecule has 3 fully saturated rings. The Labute approximate surface area is 307 Å². The van der Waals surface area contributed by atoms with Gasteiger partial charge in [0.05, 0.1) is 35.4 Å². The molecule has 5 aromatic rings. The van der Waals surface area contributed by atoms with Crippen LogP contribution in [-0.2, 0) is 31.1 Å². The van der Waals surface area contributed by atoms with Crippen molar-refractivity contribution in [1.82, 2.24) is 9.91 Å². The number of phenols is 1. The number of nitrogens with one attached hydrogen (secondary N) is 1. The van der Waals surface area contributed by atoms with E-state index in [0.717, 1.165) is 20.8 Å². The molecule has 4 aliphatic rings. The van der Waals surface area contributed by atoms with Gasteiger partial charge in [-0.1, -0.05) is 77.8 Å². The molecule has 0 spiro atoms. The maximum absolute atomic E-state index is 15.3. The lowest BCUT2D eigenvalue weighted by atomic mass is 9.49. The number of rotatable bonds is 6. The first-order valence-electron chi connectivity index (χ1n) is 17.1. The number of fused-ring (bicyclic) bond motifs is 5. The molecular formula is C41H31ClFN3O5S. The number of benzene rings is 4. The van der Waals surface area contributed by atoms with E-state index >= 15 is 4.79 Å². The third-order valence-electron chi connectivity index (χ3n) is 11.5. The van der Waals surface area contributed by atoms with Gasteiger partial charge in [-0.05, 0) is 77.6 Å². The first-order chi connectivity index (χ1) is 25.2. The molecule has 1 saturated carbocycles. The molecule has 0 radical (unpaired) electrons. The number of halogens is 2. The Morgan fingerprint density at radius 3 is 2.38 bits per heavy atom. The minimum Gasteiger partial charge on any atom is -0.507 e. The number of carbonyl (C=O) groups excluding carboxylic acids is 4. The van der Waals surface area contributed by atoms with Gasteiger partial charge in [-0.2, -0.15) is 5.01 Å². The summed E-state index contributed by atoms with van der Waals surface area (Å²) in [5.41, 5.74) is 3.39. The lowest BCUT2D eigenvalue weighted by Crippen LogP contribution is -2.53. The molecule has 11 heteroatoms. The number of likely N-dealkylation sites (tertiary alicyclic amines) is 1. The van der Waals surface area contributed by atoms with E-state index in [-0.39, 0.29) is 37.0 Å². The van der Waals surface area contributed by atoms with Crippen molar-refractivity contribution in [2.75, 3.05) is 5.43 Å². The molecule has 1 aromatic heterocycles. The van der Waals surface area contributed by atoms with Crippen LogP contribution in [0.4, 0.5) is 10.1 Å². The Balaban J connectivity index is 1.26. The van der Waals surface area contributed by atoms with Crippen molar-refractivity contribution in [3.8, 4) is 5.75 Å². The summed E-state index contributed by atoms with van der Waals surface area (Å²) in [6, 6.07) is 27.0. The highest BCUT2D eigenvalue weighted by Gasteiger charge is 2.70. The molecule has 2 aliphatic heterocycles. The van der Waals surface area contributed by atoms with Crippen LogP contribution in [0, 0.1) is 29.5 Å². The SMILES string of the molecule is O=C1C2CC=C3C(CC4C(=O)N(Nc5ccc(F)cc5)C(=O)C4(c4ccc(Cl)cc4)C3c3ccc4ccccc4c3O)C2C(=O)N1Cc1cccs1. The fraction of sp³-hybridized carbons (Fsp3) is 0.220. The lowest BCUT2D eigenvalue weighted by Gasteiger charge is -2.50. The summed E-state index contributed by atoms with van der Waals surface area (Å²) in [6.45, 7) is 0.171. The van der Waals surface area contributed by atoms with Gasteiger partial charge in [0.25, 0.3) is 11.8 Å². The summed E-state index contributed by atoms with van der Waals surface area (Å²) in [5, 5.41) is 16.8. The number of anilines is 1. The molecule has 52 heavy (non-hydrogen) atoms. The van der Waals surface area contributed by atoms with Crippen LogP contribution >= 0.6 is 22.9 Å². The standard InChI is InChI=1S/C41H31ClFN3O5S/c42-24-10-8-23(9-11-24)41-33(38(49)46(40(41)51)44-26-14-12-25(43)13-15-26)20-32-29(35(41)31-16-7-22-4-1-2-6-28(22)36(31)47)17-18-30-34(32)39(50)45(37(30)48)21-27-5-3-19-52-27/h1-17,19,30,32-35,44,47H,18,20-21H2. The fourth-order valence-corrected chi connectivity index (χ4v) is 10.1. The van der Waals surface area contributed by atoms with E-state index in [9.17, 15) is 23.9 Å². The van der Waals surface area contributed by atoms with Gasteiger partial charge in [-0.15, -0.1) is 11.3 Å². The quantitative estimate of drug-likeness (QED) is 0.138. The minimum absolute atomic E-state index is 0.0304. The van der Waals surface area contributed by atoms with Crippen molar-refractivity contribution in [2.24, 2.45) is 23.7 Å². The number of hydrazine groups is 1. The van der Waals surface area contributed by atoms with E-state index in [0.29, 0.717) is 27.2 Å². The molecule has 260 valence electrons. The van der Waals surface area contributed by atoms with Gasteiger partial charge in [0, 0.05) is 26.8 Å². The largest absolute Gasteiger partial charge is 0.507 e. The number of amides is 4. The normalized spacial score (nSPS) is 26.7. The number of aromatic hydroxyl groups is 1. The van der Waals surface area contributed by atoms with Gasteiger partial charge >= 0.3 is 0 Å². The number of hydrogen-bond acceptors (Lipinski definition) is 7. The van der Waals surface area contributed by atoms with E-state index < -0.39 is 52.6 Å². The molecular weight excluding hydrogens is 701 g/mol. The van der Waals surface area contributed by atoms with E-state index in [1.807, 2.05) is 47.9 Å². The lowest BCUT2D eigenvalue weighted by molar-refractivity contribution is -0.141. The predicted octanol–water partition coefficient (Wildman–Crippen LogP) is 7.58. The van der Waals surface area contributed by atoms with E-state index in [4.69, 9.17) is 11.6 Å². The second-order valence-corrected chi connectivity index (χ2v) is 15.4. The molecule has 0 bridgehead atoms. The molecule has 2 saturated heterocycles. The Morgan fingerprint density at radius 2 is 1.63 bits per heavy atom. The maximum atomic E-state index is 15.3. The summed E-state index contributed by atoms with van der Waals surface area (Å²) in [5.74, 6) is -5.98. The van der Waals surface area contributed by atoms with Gasteiger partial charge in [0.15, 0.2) is 0 Å². The van der Waals surface area contributed by atoms with Crippen LogP contribution in [0.2, 0.25) is 5.02 Å². The predicted molar refractivity (Wildman–Crippen MR) is 195 cm³/mol. The number of allylic oxidation sites excluding steroid dienone is 2. The fourth-order valence-electron chi connectivity index (χ4n) is 9.28. The number of phenolic OH excluding ortho intramolecular Hbond substituents is 1. The third kappa shape index (κ3) is 4.70. The zero-order chi connectivity index (χ0) is 35.9. The van der Waals surface area contributed by atoms with Gasteiger partial charge in [-0.25, -0.2) is 4.39 Å². The number of hydrogen-bond donors (Lipinski definition) is 2. The van der Waals surface area contributed by atoms with Crippen LogP contribution in [-0.4, -0.2) is 38.6 Å². The molecule has 6 unspecified atom stereocenters.